The van der Waals surface area contributed by atoms with Gasteiger partial charge in [0.15, 0.2) is 11.4 Å². The minimum absolute atomic E-state index is 0.0952. The molecule has 1 saturated heterocycles. The molecule has 174 valence electrons. The summed E-state index contributed by atoms with van der Waals surface area (Å²) in [4.78, 5) is 16.8. The average Bonchev–Trinajstić information content (AvgIpc) is 3.52. The number of fused-ring (bicyclic) bond motifs is 1. The van der Waals surface area contributed by atoms with E-state index in [1.165, 1.54) is 38.2 Å². The summed E-state index contributed by atoms with van der Waals surface area (Å²) in [6.07, 6.45) is 9.11. The third-order valence-electron chi connectivity index (χ3n) is 7.40. The van der Waals surface area contributed by atoms with Crippen LogP contribution in [0.2, 0.25) is 5.02 Å². The second-order valence-corrected chi connectivity index (χ2v) is 10.2. The molecule has 1 amide bonds. The summed E-state index contributed by atoms with van der Waals surface area (Å²) >= 11 is 5.96. The molecule has 5 rings (SSSR count). The van der Waals surface area contributed by atoms with Crippen molar-refractivity contribution in [3.05, 3.63) is 23.0 Å². The summed E-state index contributed by atoms with van der Waals surface area (Å²) in [6.45, 7) is 4.83. The largest absolute Gasteiger partial charge is 0.354 e. The van der Waals surface area contributed by atoms with Gasteiger partial charge in [0.2, 0.25) is 5.91 Å². The van der Waals surface area contributed by atoms with Gasteiger partial charge in [0.05, 0.1) is 10.4 Å². The van der Waals surface area contributed by atoms with Crippen molar-refractivity contribution in [1.29, 1.82) is 0 Å². The van der Waals surface area contributed by atoms with Crippen molar-refractivity contribution in [2.24, 2.45) is 11.8 Å². The fourth-order valence-corrected chi connectivity index (χ4v) is 5.33. The Kier molecular flexibility index (Phi) is 6.56. The van der Waals surface area contributed by atoms with E-state index in [-0.39, 0.29) is 10.9 Å². The van der Waals surface area contributed by atoms with Crippen LogP contribution in [0.1, 0.15) is 51.4 Å². The Balaban J connectivity index is 1.04. The molecule has 0 bridgehead atoms. The lowest BCUT2D eigenvalue weighted by Crippen LogP contribution is -2.47. The summed E-state index contributed by atoms with van der Waals surface area (Å²) in [5, 5.41) is 8.29. The van der Waals surface area contributed by atoms with E-state index >= 15 is 0 Å². The molecule has 2 aromatic rings. The van der Waals surface area contributed by atoms with Crippen molar-refractivity contribution in [3.63, 3.8) is 0 Å². The van der Waals surface area contributed by atoms with Crippen molar-refractivity contribution in [1.82, 2.24) is 15.4 Å². The van der Waals surface area contributed by atoms with Crippen LogP contribution in [0.4, 0.5) is 10.2 Å². The number of amides is 1. The van der Waals surface area contributed by atoms with Gasteiger partial charge in [0, 0.05) is 44.7 Å². The van der Waals surface area contributed by atoms with Gasteiger partial charge in [-0.15, -0.1) is 0 Å². The Morgan fingerprint density at radius 1 is 1.09 bits per heavy atom. The summed E-state index contributed by atoms with van der Waals surface area (Å²) in [6, 6.07) is 3.30. The average molecular weight is 463 g/mol. The highest BCUT2D eigenvalue weighted by atomic mass is 35.5. The molecule has 32 heavy (non-hydrogen) atoms. The molecule has 1 aromatic heterocycles. The highest BCUT2D eigenvalue weighted by molar-refractivity contribution is 6.31. The van der Waals surface area contributed by atoms with E-state index in [2.05, 4.69) is 20.3 Å². The maximum absolute atomic E-state index is 13.7. The van der Waals surface area contributed by atoms with Crippen LogP contribution >= 0.6 is 11.6 Å². The fourth-order valence-electron chi connectivity index (χ4n) is 5.16. The number of hydrogen-bond donors (Lipinski definition) is 1. The maximum Gasteiger partial charge on any atom is 0.220 e. The lowest BCUT2D eigenvalue weighted by molar-refractivity contribution is -0.122. The molecule has 1 aromatic carbocycles. The number of benzene rings is 1. The molecule has 0 atom stereocenters. The fraction of sp³-hybridized carbons (Fsp3) is 0.667. The quantitative estimate of drug-likeness (QED) is 0.651. The standard InChI is InChI=1S/C24H32ClFN4O2/c25-20-14-19-22(15-21(20)26)32-28-24(19)30-11-9-29(10-12-30)8-7-16-3-5-18(6-4-16)27-23(31)13-17-1-2-17/h14-18H,1-13H2,(H,27,31)/t16-,18-. The first kappa shape index (κ1) is 22.0. The highest BCUT2D eigenvalue weighted by Crippen LogP contribution is 2.33. The summed E-state index contributed by atoms with van der Waals surface area (Å²) in [5.74, 6) is 1.96. The summed E-state index contributed by atoms with van der Waals surface area (Å²) < 4.78 is 19.0. The Morgan fingerprint density at radius 2 is 1.81 bits per heavy atom. The van der Waals surface area contributed by atoms with Crippen LogP contribution in [-0.4, -0.2) is 54.7 Å². The third-order valence-corrected chi connectivity index (χ3v) is 7.69. The Labute approximate surface area is 193 Å². The van der Waals surface area contributed by atoms with Crippen molar-refractivity contribution >= 4 is 34.3 Å². The first-order chi connectivity index (χ1) is 15.5. The number of hydrogen-bond acceptors (Lipinski definition) is 5. The van der Waals surface area contributed by atoms with E-state index < -0.39 is 5.82 Å². The smallest absolute Gasteiger partial charge is 0.220 e. The van der Waals surface area contributed by atoms with E-state index in [0.717, 1.165) is 69.1 Å². The van der Waals surface area contributed by atoms with E-state index in [0.29, 0.717) is 17.5 Å². The molecular weight excluding hydrogens is 431 g/mol. The molecule has 0 spiro atoms. The zero-order valence-corrected chi connectivity index (χ0v) is 19.2. The number of carbonyl (C=O) groups is 1. The molecule has 2 aliphatic carbocycles. The summed E-state index contributed by atoms with van der Waals surface area (Å²) in [7, 11) is 0. The van der Waals surface area contributed by atoms with Crippen LogP contribution in [0.15, 0.2) is 16.7 Å². The lowest BCUT2D eigenvalue weighted by atomic mass is 9.84. The van der Waals surface area contributed by atoms with Gasteiger partial charge in [-0.1, -0.05) is 16.8 Å². The van der Waals surface area contributed by atoms with Gasteiger partial charge in [0.1, 0.15) is 5.82 Å². The van der Waals surface area contributed by atoms with E-state index in [1.807, 2.05) is 0 Å². The zero-order chi connectivity index (χ0) is 22.1. The van der Waals surface area contributed by atoms with Gasteiger partial charge < -0.3 is 14.7 Å². The SMILES string of the molecule is O=C(CC1CC1)N[C@H]1CC[C@H](CCN2CCN(c3noc4cc(F)c(Cl)cc34)CC2)CC1. The van der Waals surface area contributed by atoms with Gasteiger partial charge in [-0.2, -0.15) is 0 Å². The Bertz CT molecular complexity index is 947. The molecule has 3 aliphatic rings. The molecule has 1 aliphatic heterocycles. The highest BCUT2D eigenvalue weighted by Gasteiger charge is 2.28. The first-order valence-corrected chi connectivity index (χ1v) is 12.4. The molecule has 0 radical (unpaired) electrons. The number of nitrogens with one attached hydrogen (secondary N) is 1. The molecule has 3 fully saturated rings. The Hall–Kier alpha value is -1.86. The number of aromatic nitrogens is 1. The van der Waals surface area contributed by atoms with Crippen LogP contribution in [0.5, 0.6) is 0 Å². The molecule has 2 saturated carbocycles. The normalized spacial score (nSPS) is 24.8. The van der Waals surface area contributed by atoms with E-state index in [1.54, 1.807) is 6.07 Å². The summed E-state index contributed by atoms with van der Waals surface area (Å²) in [5.41, 5.74) is 0.434. The predicted octanol–water partition coefficient (Wildman–Crippen LogP) is 4.61. The van der Waals surface area contributed by atoms with Crippen LogP contribution < -0.4 is 10.2 Å². The van der Waals surface area contributed by atoms with Gasteiger partial charge in [-0.25, -0.2) is 4.39 Å². The second-order valence-electron chi connectivity index (χ2n) is 9.82. The van der Waals surface area contributed by atoms with Gasteiger partial charge in [-0.05, 0) is 69.4 Å². The van der Waals surface area contributed by atoms with Crippen molar-refractivity contribution < 1.29 is 13.7 Å². The van der Waals surface area contributed by atoms with Crippen molar-refractivity contribution in [3.8, 4) is 0 Å². The molecule has 0 unspecified atom stereocenters. The van der Waals surface area contributed by atoms with Gasteiger partial charge in [0.25, 0.3) is 0 Å². The topological polar surface area (TPSA) is 61.6 Å². The molecular formula is C24H32ClFN4O2. The van der Waals surface area contributed by atoms with Crippen LogP contribution in [0, 0.1) is 17.7 Å². The zero-order valence-electron chi connectivity index (χ0n) is 18.5. The van der Waals surface area contributed by atoms with E-state index in [4.69, 9.17) is 16.1 Å². The minimum atomic E-state index is -0.485. The minimum Gasteiger partial charge on any atom is -0.354 e. The van der Waals surface area contributed by atoms with Crippen LogP contribution in [0.25, 0.3) is 11.0 Å². The number of carbonyl (C=O) groups excluding carboxylic acids is 1. The Morgan fingerprint density at radius 3 is 2.53 bits per heavy atom. The predicted molar refractivity (Wildman–Crippen MR) is 123 cm³/mol. The molecule has 2 heterocycles. The third kappa shape index (κ3) is 5.20. The van der Waals surface area contributed by atoms with Gasteiger partial charge >= 0.3 is 0 Å². The molecule has 1 N–H and O–H groups in total. The monoisotopic (exact) mass is 462 g/mol. The number of piperazine rings is 1. The second kappa shape index (κ2) is 9.56. The van der Waals surface area contributed by atoms with Crippen molar-refractivity contribution in [2.75, 3.05) is 37.6 Å². The van der Waals surface area contributed by atoms with Crippen LogP contribution in [-0.2, 0) is 4.79 Å². The number of rotatable bonds is 7. The number of nitrogens with zero attached hydrogens (tertiary/aromatic N) is 3. The maximum atomic E-state index is 13.7. The molecule has 8 heteroatoms. The van der Waals surface area contributed by atoms with Gasteiger partial charge in [-0.3, -0.25) is 9.69 Å². The van der Waals surface area contributed by atoms with Crippen molar-refractivity contribution in [2.45, 2.75) is 57.4 Å². The number of halogens is 2. The molecule has 6 nitrogen and oxygen atoms in total. The van der Waals surface area contributed by atoms with Crippen LogP contribution in [0.3, 0.4) is 0 Å². The van der Waals surface area contributed by atoms with E-state index in [9.17, 15) is 9.18 Å². The first-order valence-electron chi connectivity index (χ1n) is 12.1. The lowest BCUT2D eigenvalue weighted by Gasteiger charge is -2.36. The number of anilines is 1.